The van der Waals surface area contributed by atoms with Crippen molar-refractivity contribution < 1.29 is 9.72 Å². The van der Waals surface area contributed by atoms with Gasteiger partial charge in [0, 0.05) is 40.1 Å². The lowest BCUT2D eigenvalue weighted by Crippen LogP contribution is -2.25. The first kappa shape index (κ1) is 14.5. The first-order valence-corrected chi connectivity index (χ1v) is 6.86. The molecule has 8 nitrogen and oxygen atoms in total. The molecule has 0 radical (unpaired) electrons. The molecule has 1 fully saturated rings. The number of hydrogen-bond acceptors (Lipinski definition) is 4. The Morgan fingerprint density at radius 2 is 2.35 bits per heavy atom. The summed E-state index contributed by atoms with van der Waals surface area (Å²) in [5.74, 6) is -0.0701. The number of nitrogens with zero attached hydrogens (tertiary/aromatic N) is 5. The van der Waals surface area contributed by atoms with E-state index in [4.69, 9.17) is 5.53 Å². The number of amides is 1. The molecule has 1 unspecified atom stereocenters. The number of rotatable bonds is 4. The van der Waals surface area contributed by atoms with Gasteiger partial charge in [0.1, 0.15) is 0 Å². The monoisotopic (exact) mass is 387 g/mol. The number of nitro groups is 1. The Balaban J connectivity index is 2.21. The Hall–Kier alpha value is -1.87. The molecular weight excluding hydrogens is 377 g/mol. The van der Waals surface area contributed by atoms with Gasteiger partial charge >= 0.3 is 0 Å². The molecule has 1 saturated heterocycles. The van der Waals surface area contributed by atoms with Gasteiger partial charge in [-0.25, -0.2) is 0 Å². The zero-order valence-electron chi connectivity index (χ0n) is 10.3. The van der Waals surface area contributed by atoms with Crippen molar-refractivity contribution in [2.24, 2.45) is 11.0 Å². The molecule has 104 valence electrons. The molecular formula is C11H10IN5O3. The molecule has 1 atom stereocenters. The van der Waals surface area contributed by atoms with Crippen molar-refractivity contribution in [3.05, 3.63) is 42.3 Å². The quantitative estimate of drug-likeness (QED) is 0.198. The summed E-state index contributed by atoms with van der Waals surface area (Å²) in [5.41, 5.74) is 8.95. The highest BCUT2D eigenvalue weighted by molar-refractivity contribution is 14.1. The summed E-state index contributed by atoms with van der Waals surface area (Å²) in [6, 6.07) is 4.39. The summed E-state index contributed by atoms with van der Waals surface area (Å²) in [4.78, 5) is 26.5. The van der Waals surface area contributed by atoms with Gasteiger partial charge in [0.05, 0.1) is 10.6 Å². The van der Waals surface area contributed by atoms with E-state index < -0.39 is 4.92 Å². The normalized spacial score (nSPS) is 17.9. The lowest BCUT2D eigenvalue weighted by atomic mass is 10.1. The highest BCUT2D eigenvalue weighted by Gasteiger charge is 2.31. The molecule has 0 aromatic heterocycles. The molecule has 2 rings (SSSR count). The van der Waals surface area contributed by atoms with Crippen LogP contribution < -0.4 is 4.90 Å². The molecule has 0 bridgehead atoms. The van der Waals surface area contributed by atoms with Crippen LogP contribution in [-0.2, 0) is 4.79 Å². The highest BCUT2D eigenvalue weighted by Crippen LogP contribution is 2.31. The minimum Gasteiger partial charge on any atom is -0.311 e. The van der Waals surface area contributed by atoms with Crippen LogP contribution in [0.1, 0.15) is 6.42 Å². The summed E-state index contributed by atoms with van der Waals surface area (Å²) < 4.78 is 0.648. The second-order valence-electron chi connectivity index (χ2n) is 4.38. The van der Waals surface area contributed by atoms with Crippen LogP contribution >= 0.6 is 22.6 Å². The maximum Gasteiger partial charge on any atom is 0.270 e. The van der Waals surface area contributed by atoms with E-state index in [0.29, 0.717) is 22.2 Å². The van der Waals surface area contributed by atoms with E-state index in [1.165, 1.54) is 12.1 Å². The largest absolute Gasteiger partial charge is 0.311 e. The SMILES string of the molecule is [N-]=[N+]=NCC1CC(=O)N(c2ccc([N+](=O)[O-])cc2I)C1. The molecule has 1 amide bonds. The number of anilines is 1. The van der Waals surface area contributed by atoms with Gasteiger partial charge < -0.3 is 4.90 Å². The number of benzene rings is 1. The Labute approximate surface area is 127 Å². The van der Waals surface area contributed by atoms with Crippen molar-refractivity contribution in [3.63, 3.8) is 0 Å². The fourth-order valence-corrected chi connectivity index (χ4v) is 2.91. The van der Waals surface area contributed by atoms with Crippen LogP contribution in [0.3, 0.4) is 0 Å². The van der Waals surface area contributed by atoms with Gasteiger partial charge in [0.25, 0.3) is 5.69 Å². The third-order valence-electron chi connectivity index (χ3n) is 3.04. The number of non-ortho nitro benzene ring substituents is 1. The molecule has 1 aromatic carbocycles. The van der Waals surface area contributed by atoms with Gasteiger partial charge in [-0.15, -0.1) is 0 Å². The zero-order valence-corrected chi connectivity index (χ0v) is 12.4. The Morgan fingerprint density at radius 3 is 2.95 bits per heavy atom. The topological polar surface area (TPSA) is 112 Å². The van der Waals surface area contributed by atoms with E-state index in [-0.39, 0.29) is 24.1 Å². The molecule has 20 heavy (non-hydrogen) atoms. The van der Waals surface area contributed by atoms with Gasteiger partial charge in [0.2, 0.25) is 5.91 Å². The van der Waals surface area contributed by atoms with Crippen molar-refractivity contribution in [3.8, 4) is 0 Å². The summed E-state index contributed by atoms with van der Waals surface area (Å²) in [7, 11) is 0. The fraction of sp³-hybridized carbons (Fsp3) is 0.364. The third kappa shape index (κ3) is 2.99. The Bertz CT molecular complexity index is 614. The lowest BCUT2D eigenvalue weighted by Gasteiger charge is -2.18. The van der Waals surface area contributed by atoms with Crippen molar-refractivity contribution in [2.75, 3.05) is 18.0 Å². The molecule has 0 aliphatic carbocycles. The van der Waals surface area contributed by atoms with Crippen LogP contribution in [0.2, 0.25) is 0 Å². The first-order chi connectivity index (χ1) is 9.52. The Kier molecular flexibility index (Phi) is 4.40. The number of azide groups is 1. The predicted octanol–water partition coefficient (Wildman–Crippen LogP) is 2.86. The number of hydrogen-bond donors (Lipinski definition) is 0. The smallest absolute Gasteiger partial charge is 0.270 e. The first-order valence-electron chi connectivity index (χ1n) is 5.78. The number of halogens is 1. The maximum absolute atomic E-state index is 12.0. The van der Waals surface area contributed by atoms with Crippen molar-refractivity contribution in [1.82, 2.24) is 0 Å². The van der Waals surface area contributed by atoms with Crippen molar-refractivity contribution in [1.29, 1.82) is 0 Å². The predicted molar refractivity (Wildman–Crippen MR) is 80.3 cm³/mol. The second kappa shape index (κ2) is 6.06. The number of carbonyl (C=O) groups excluding carboxylic acids is 1. The molecule has 1 aromatic rings. The molecule has 1 aliphatic rings. The Morgan fingerprint density at radius 1 is 1.60 bits per heavy atom. The number of carbonyl (C=O) groups is 1. The third-order valence-corrected chi connectivity index (χ3v) is 3.91. The van der Waals surface area contributed by atoms with E-state index in [9.17, 15) is 14.9 Å². The molecule has 9 heteroatoms. The van der Waals surface area contributed by atoms with Crippen LogP contribution in [0.25, 0.3) is 10.4 Å². The minimum absolute atomic E-state index is 0.00423. The van der Waals surface area contributed by atoms with Gasteiger partial charge in [-0.2, -0.15) is 0 Å². The van der Waals surface area contributed by atoms with E-state index in [0.717, 1.165) is 0 Å². The number of nitro benzene ring substituents is 1. The summed E-state index contributed by atoms with van der Waals surface area (Å²) in [6.07, 6.45) is 0.325. The maximum atomic E-state index is 12.0. The van der Waals surface area contributed by atoms with Gasteiger partial charge in [-0.05, 0) is 40.1 Å². The molecule has 1 aliphatic heterocycles. The average molecular weight is 387 g/mol. The average Bonchev–Trinajstić information content (AvgIpc) is 2.77. The van der Waals surface area contributed by atoms with Crippen LogP contribution in [0.15, 0.2) is 23.3 Å². The summed E-state index contributed by atoms with van der Waals surface area (Å²) in [6.45, 7) is 0.744. The van der Waals surface area contributed by atoms with E-state index in [1.54, 1.807) is 11.0 Å². The summed E-state index contributed by atoms with van der Waals surface area (Å²) in [5, 5.41) is 14.2. The van der Waals surface area contributed by atoms with Gasteiger partial charge in [0.15, 0.2) is 0 Å². The molecule has 1 heterocycles. The molecule has 0 saturated carbocycles. The summed E-state index contributed by atoms with van der Waals surface area (Å²) >= 11 is 1.97. The van der Waals surface area contributed by atoms with Crippen LogP contribution in [0.4, 0.5) is 11.4 Å². The van der Waals surface area contributed by atoms with Crippen LogP contribution in [-0.4, -0.2) is 23.9 Å². The minimum atomic E-state index is -0.470. The standard InChI is InChI=1S/C11H10IN5O3/c12-9-4-8(17(19)20)1-2-10(9)16-6-7(3-11(16)18)5-14-15-13/h1-2,4,7H,3,5-6H2. The van der Waals surface area contributed by atoms with E-state index in [1.807, 2.05) is 22.6 Å². The van der Waals surface area contributed by atoms with Crippen LogP contribution in [0, 0.1) is 19.6 Å². The van der Waals surface area contributed by atoms with Gasteiger partial charge in [-0.3, -0.25) is 14.9 Å². The van der Waals surface area contributed by atoms with Crippen LogP contribution in [0.5, 0.6) is 0 Å². The van der Waals surface area contributed by atoms with Crippen molar-refractivity contribution in [2.45, 2.75) is 6.42 Å². The van der Waals surface area contributed by atoms with Crippen molar-refractivity contribution >= 4 is 39.9 Å². The molecule has 0 spiro atoms. The fourth-order valence-electron chi connectivity index (χ4n) is 2.12. The van der Waals surface area contributed by atoms with E-state index >= 15 is 0 Å². The van der Waals surface area contributed by atoms with Gasteiger partial charge in [-0.1, -0.05) is 5.11 Å². The molecule has 0 N–H and O–H groups in total. The highest BCUT2D eigenvalue weighted by atomic mass is 127. The lowest BCUT2D eigenvalue weighted by molar-refractivity contribution is -0.384. The zero-order chi connectivity index (χ0) is 14.7. The van der Waals surface area contributed by atoms with E-state index in [2.05, 4.69) is 10.0 Å². The second-order valence-corrected chi connectivity index (χ2v) is 5.54.